The lowest BCUT2D eigenvalue weighted by atomic mass is 9.82. The van der Waals surface area contributed by atoms with Crippen molar-refractivity contribution in [1.29, 1.82) is 0 Å². The van der Waals surface area contributed by atoms with Gasteiger partial charge in [0, 0.05) is 11.2 Å². The van der Waals surface area contributed by atoms with Gasteiger partial charge in [-0.1, -0.05) is 29.8 Å². The Balaban J connectivity index is 2.67. The zero-order valence-corrected chi connectivity index (χ0v) is 13.9. The van der Waals surface area contributed by atoms with Gasteiger partial charge in [0.1, 0.15) is 0 Å². The monoisotopic (exact) mass is 349 g/mol. The molecule has 0 saturated carbocycles. The smallest absolute Gasteiger partial charge is 0.337 e. The Morgan fingerprint density at radius 3 is 2.58 bits per heavy atom. The van der Waals surface area contributed by atoms with Crippen LogP contribution in [0.1, 0.15) is 18.4 Å². The normalized spacial score (nSPS) is 16.8. The fourth-order valence-corrected chi connectivity index (χ4v) is 2.73. The number of ether oxygens (including phenoxy) is 2. The number of carbonyl (C=O) groups excluding carboxylic acids is 3. The van der Waals surface area contributed by atoms with Gasteiger partial charge < -0.3 is 14.8 Å². The first-order chi connectivity index (χ1) is 11.5. The molecule has 0 aromatic heterocycles. The zero-order chi connectivity index (χ0) is 17.7. The van der Waals surface area contributed by atoms with Crippen molar-refractivity contribution >= 4 is 29.8 Å². The van der Waals surface area contributed by atoms with Crippen molar-refractivity contribution in [1.82, 2.24) is 5.32 Å². The van der Waals surface area contributed by atoms with Crippen molar-refractivity contribution in [2.45, 2.75) is 12.8 Å². The number of hydrogen-bond acceptors (Lipinski definition) is 6. The highest BCUT2D eigenvalue weighted by molar-refractivity contribution is 6.31. The highest BCUT2D eigenvalue weighted by atomic mass is 35.5. The van der Waals surface area contributed by atoms with Crippen LogP contribution in [-0.2, 0) is 23.9 Å². The van der Waals surface area contributed by atoms with Gasteiger partial charge in [-0.3, -0.25) is 4.79 Å². The van der Waals surface area contributed by atoms with Crippen LogP contribution in [0.4, 0.5) is 0 Å². The Kier molecular flexibility index (Phi) is 5.76. The molecule has 1 atom stereocenters. The molecule has 1 aliphatic rings. The lowest BCUT2D eigenvalue weighted by Crippen LogP contribution is -2.31. The maximum atomic E-state index is 12.4. The van der Waals surface area contributed by atoms with Crippen LogP contribution in [0.2, 0.25) is 5.02 Å². The number of methoxy groups -OCH3 is 1. The molecular formula is C17H16ClNO5. The summed E-state index contributed by atoms with van der Waals surface area (Å²) in [6.45, 7) is 1.78. The first-order valence-corrected chi connectivity index (χ1v) is 7.58. The number of aldehydes is 1. The highest BCUT2D eigenvalue weighted by Gasteiger charge is 2.37. The molecule has 1 heterocycles. The number of allylic oxidation sites excluding steroid dienone is 1. The predicted molar refractivity (Wildman–Crippen MR) is 87.2 cm³/mol. The summed E-state index contributed by atoms with van der Waals surface area (Å²) in [6, 6.07) is 6.76. The molecule has 24 heavy (non-hydrogen) atoms. The van der Waals surface area contributed by atoms with Gasteiger partial charge in [-0.05, 0) is 18.6 Å². The van der Waals surface area contributed by atoms with Crippen LogP contribution >= 0.6 is 11.6 Å². The average Bonchev–Trinajstić information content (AvgIpc) is 2.60. The van der Waals surface area contributed by atoms with E-state index in [9.17, 15) is 14.4 Å². The second kappa shape index (κ2) is 7.79. The van der Waals surface area contributed by atoms with Gasteiger partial charge in [0.25, 0.3) is 0 Å². The summed E-state index contributed by atoms with van der Waals surface area (Å²) >= 11 is 6.25. The number of nitrogens with one attached hydrogen (secondary N) is 1. The molecule has 126 valence electrons. The van der Waals surface area contributed by atoms with Crippen LogP contribution in [0, 0.1) is 0 Å². The van der Waals surface area contributed by atoms with E-state index in [-0.39, 0.29) is 23.5 Å². The Morgan fingerprint density at radius 2 is 2.00 bits per heavy atom. The third-order valence-corrected chi connectivity index (χ3v) is 3.87. The Morgan fingerprint density at radius 1 is 1.29 bits per heavy atom. The van der Waals surface area contributed by atoms with Gasteiger partial charge in [0.15, 0.2) is 6.29 Å². The van der Waals surface area contributed by atoms with E-state index in [0.717, 1.165) is 0 Å². The maximum Gasteiger partial charge on any atom is 0.337 e. The molecular weight excluding hydrogens is 334 g/mol. The molecule has 0 bridgehead atoms. The van der Waals surface area contributed by atoms with Crippen molar-refractivity contribution in [3.8, 4) is 0 Å². The van der Waals surface area contributed by atoms with E-state index in [1.165, 1.54) is 13.3 Å². The number of dihydropyridines is 1. The van der Waals surface area contributed by atoms with E-state index in [0.29, 0.717) is 16.9 Å². The van der Waals surface area contributed by atoms with E-state index < -0.39 is 17.9 Å². The minimum Gasteiger partial charge on any atom is -0.466 e. The fourth-order valence-electron chi connectivity index (χ4n) is 2.49. The molecule has 1 aromatic carbocycles. The fraction of sp³-hybridized carbons (Fsp3) is 0.235. The SMILES string of the molecule is CCOC(=O)C1=C(C=O)NC=C(C(=O)OC)C1c1ccccc1Cl. The second-order valence-electron chi connectivity index (χ2n) is 4.86. The number of carbonyl (C=O) groups is 3. The standard InChI is InChI=1S/C17H16ClNO5/c1-3-24-17(22)15-13(9-20)19-8-11(16(21)23-2)14(15)10-6-4-5-7-12(10)18/h4-9,14,19H,3H2,1-2H3. The first kappa shape index (κ1) is 17.7. The molecule has 2 rings (SSSR count). The summed E-state index contributed by atoms with van der Waals surface area (Å²) in [4.78, 5) is 35.9. The molecule has 0 spiro atoms. The summed E-state index contributed by atoms with van der Waals surface area (Å²) in [5.74, 6) is -2.21. The minimum absolute atomic E-state index is 0.0165. The Labute approximate surface area is 144 Å². The summed E-state index contributed by atoms with van der Waals surface area (Å²) in [7, 11) is 1.23. The molecule has 7 heteroatoms. The molecule has 6 nitrogen and oxygen atoms in total. The lowest BCUT2D eigenvalue weighted by Gasteiger charge is -2.27. The van der Waals surface area contributed by atoms with Gasteiger partial charge in [-0.15, -0.1) is 0 Å². The van der Waals surface area contributed by atoms with Crippen molar-refractivity contribution in [2.75, 3.05) is 13.7 Å². The molecule has 0 aliphatic carbocycles. The van der Waals surface area contributed by atoms with Gasteiger partial charge in [-0.25, -0.2) is 9.59 Å². The number of halogens is 1. The predicted octanol–water partition coefficient (Wildman–Crippen LogP) is 2.10. The van der Waals surface area contributed by atoms with Crippen molar-refractivity contribution in [3.63, 3.8) is 0 Å². The third kappa shape index (κ3) is 3.33. The van der Waals surface area contributed by atoms with E-state index in [2.05, 4.69) is 5.32 Å². The molecule has 1 aromatic rings. The average molecular weight is 350 g/mol. The van der Waals surface area contributed by atoms with E-state index in [1.54, 1.807) is 31.2 Å². The van der Waals surface area contributed by atoms with Crippen LogP contribution in [0.15, 0.2) is 47.3 Å². The van der Waals surface area contributed by atoms with Crippen LogP contribution in [0.5, 0.6) is 0 Å². The molecule has 0 saturated heterocycles. The van der Waals surface area contributed by atoms with Gasteiger partial charge >= 0.3 is 11.9 Å². The van der Waals surface area contributed by atoms with Gasteiger partial charge in [0.2, 0.25) is 0 Å². The van der Waals surface area contributed by atoms with E-state index in [1.807, 2.05) is 0 Å². The number of rotatable bonds is 5. The number of esters is 2. The molecule has 0 amide bonds. The van der Waals surface area contributed by atoms with Gasteiger partial charge in [-0.2, -0.15) is 0 Å². The van der Waals surface area contributed by atoms with Crippen LogP contribution in [0.3, 0.4) is 0 Å². The topological polar surface area (TPSA) is 81.7 Å². The third-order valence-electron chi connectivity index (χ3n) is 3.52. The van der Waals surface area contributed by atoms with E-state index in [4.69, 9.17) is 21.1 Å². The molecule has 1 unspecified atom stereocenters. The first-order valence-electron chi connectivity index (χ1n) is 7.20. The molecule has 1 aliphatic heterocycles. The summed E-state index contributed by atoms with van der Waals surface area (Å²) < 4.78 is 9.83. The second-order valence-corrected chi connectivity index (χ2v) is 5.26. The zero-order valence-electron chi connectivity index (χ0n) is 13.2. The van der Waals surface area contributed by atoms with Crippen molar-refractivity contribution in [3.05, 3.63) is 57.9 Å². The summed E-state index contributed by atoms with van der Waals surface area (Å²) in [6.07, 6.45) is 1.84. The number of hydrogen-bond donors (Lipinski definition) is 1. The van der Waals surface area contributed by atoms with Gasteiger partial charge in [0.05, 0.1) is 36.5 Å². The quantitative estimate of drug-likeness (QED) is 0.647. The Bertz CT molecular complexity index is 738. The van der Waals surface area contributed by atoms with Crippen LogP contribution in [-0.4, -0.2) is 31.9 Å². The van der Waals surface area contributed by atoms with Crippen LogP contribution in [0.25, 0.3) is 0 Å². The van der Waals surface area contributed by atoms with E-state index >= 15 is 0 Å². The summed E-state index contributed by atoms with van der Waals surface area (Å²) in [5.41, 5.74) is 0.688. The number of benzene rings is 1. The molecule has 1 N–H and O–H groups in total. The molecule has 0 radical (unpaired) electrons. The Hall–Kier alpha value is -2.60. The maximum absolute atomic E-state index is 12.4. The van der Waals surface area contributed by atoms with Crippen molar-refractivity contribution < 1.29 is 23.9 Å². The largest absolute Gasteiger partial charge is 0.466 e. The molecule has 0 fully saturated rings. The lowest BCUT2D eigenvalue weighted by molar-refractivity contribution is -0.139. The van der Waals surface area contributed by atoms with Crippen molar-refractivity contribution in [2.24, 2.45) is 0 Å². The minimum atomic E-state index is -0.869. The summed E-state index contributed by atoms with van der Waals surface area (Å²) in [5, 5.41) is 3.00. The highest BCUT2D eigenvalue weighted by Crippen LogP contribution is 2.39. The van der Waals surface area contributed by atoms with Crippen LogP contribution < -0.4 is 5.32 Å².